The summed E-state index contributed by atoms with van der Waals surface area (Å²) in [6.45, 7) is 2.65. The number of aliphatic carboxylic acids is 1. The molecule has 1 aromatic rings. The lowest BCUT2D eigenvalue weighted by atomic mass is 10.0. The van der Waals surface area contributed by atoms with Gasteiger partial charge in [-0.1, -0.05) is 17.7 Å². The van der Waals surface area contributed by atoms with Crippen LogP contribution in [-0.2, 0) is 4.79 Å². The van der Waals surface area contributed by atoms with E-state index in [1.165, 1.54) is 0 Å². The third-order valence-electron chi connectivity index (χ3n) is 4.51. The van der Waals surface area contributed by atoms with Crippen molar-refractivity contribution in [2.75, 3.05) is 27.2 Å². The van der Waals surface area contributed by atoms with Gasteiger partial charge < -0.3 is 14.9 Å². The molecule has 1 N–H and O–H groups in total. The second-order valence-electron chi connectivity index (χ2n) is 6.40. The molecular weight excluding hydrogens is 316 g/mol. The molecule has 1 saturated heterocycles. The number of carbonyl (C=O) groups excluding carboxylic acids is 1. The minimum absolute atomic E-state index is 0.157. The number of likely N-dealkylation sites (N-methyl/N-ethyl adjacent to an activating group) is 1. The first-order valence-electron chi connectivity index (χ1n) is 7.74. The highest BCUT2D eigenvalue weighted by Crippen LogP contribution is 2.23. The number of carboxylic acids is 1. The highest BCUT2D eigenvalue weighted by atomic mass is 35.5. The van der Waals surface area contributed by atoms with Crippen LogP contribution in [-0.4, -0.2) is 60.0 Å². The van der Waals surface area contributed by atoms with Crippen LogP contribution in [0.1, 0.15) is 28.8 Å². The molecule has 1 aliphatic heterocycles. The second kappa shape index (κ2) is 7.32. The molecule has 0 saturated carbocycles. The van der Waals surface area contributed by atoms with Gasteiger partial charge in [0.15, 0.2) is 0 Å². The van der Waals surface area contributed by atoms with Crippen LogP contribution in [0.15, 0.2) is 18.2 Å². The van der Waals surface area contributed by atoms with E-state index in [9.17, 15) is 14.7 Å². The number of benzene rings is 1. The van der Waals surface area contributed by atoms with Gasteiger partial charge in [-0.2, -0.15) is 0 Å². The van der Waals surface area contributed by atoms with Crippen LogP contribution in [0.3, 0.4) is 0 Å². The Labute approximate surface area is 141 Å². The number of halogens is 1. The van der Waals surface area contributed by atoms with E-state index in [1.807, 2.05) is 32.0 Å². The maximum absolute atomic E-state index is 12.8. The number of hydrogen-bond donors (Lipinski definition) is 1. The largest absolute Gasteiger partial charge is 0.481 e. The van der Waals surface area contributed by atoms with Crippen LogP contribution >= 0.6 is 11.6 Å². The summed E-state index contributed by atoms with van der Waals surface area (Å²) in [5.74, 6) is -1.53. The molecule has 1 fully saturated rings. The normalized spacial score (nSPS) is 22.0. The van der Waals surface area contributed by atoms with E-state index in [-0.39, 0.29) is 18.5 Å². The van der Waals surface area contributed by atoms with Crippen molar-refractivity contribution in [2.24, 2.45) is 5.92 Å². The number of likely N-dealkylation sites (tertiary alicyclic amines) is 1. The summed E-state index contributed by atoms with van der Waals surface area (Å²) in [6, 6.07) is 5.37. The first-order valence-corrected chi connectivity index (χ1v) is 8.12. The third kappa shape index (κ3) is 4.24. The number of amides is 1. The third-order valence-corrected chi connectivity index (χ3v) is 4.91. The Morgan fingerprint density at radius 1 is 1.26 bits per heavy atom. The van der Waals surface area contributed by atoms with Crippen LogP contribution < -0.4 is 0 Å². The van der Waals surface area contributed by atoms with Crippen LogP contribution in [0, 0.1) is 12.8 Å². The Morgan fingerprint density at radius 3 is 2.52 bits per heavy atom. The fraction of sp³-hybridized carbons (Fsp3) is 0.529. The standard InChI is InChI=1S/C17H23ClN2O3/c1-11-4-5-12(8-15(11)18)16(21)20-9-13(17(22)23)6-7-14(10-20)19(2)3/h4-5,8,13-14H,6-7,9-10H2,1-3H3,(H,22,23)/t13-,14+/m0/s1. The summed E-state index contributed by atoms with van der Waals surface area (Å²) in [5.41, 5.74) is 1.41. The van der Waals surface area contributed by atoms with Crippen molar-refractivity contribution in [3.63, 3.8) is 0 Å². The van der Waals surface area contributed by atoms with E-state index in [2.05, 4.69) is 0 Å². The molecule has 1 aliphatic rings. The van der Waals surface area contributed by atoms with E-state index in [4.69, 9.17) is 11.6 Å². The molecule has 0 aromatic heterocycles. The molecule has 0 aliphatic carbocycles. The zero-order valence-electron chi connectivity index (χ0n) is 13.8. The van der Waals surface area contributed by atoms with Crippen molar-refractivity contribution in [3.05, 3.63) is 34.3 Å². The minimum Gasteiger partial charge on any atom is -0.481 e. The van der Waals surface area contributed by atoms with Gasteiger partial charge in [0.05, 0.1) is 5.92 Å². The molecule has 5 nitrogen and oxygen atoms in total. The first-order chi connectivity index (χ1) is 10.8. The zero-order valence-corrected chi connectivity index (χ0v) is 14.5. The Balaban J connectivity index is 2.26. The highest BCUT2D eigenvalue weighted by Gasteiger charge is 2.31. The molecule has 1 amide bonds. The van der Waals surface area contributed by atoms with Crippen molar-refractivity contribution >= 4 is 23.5 Å². The molecule has 23 heavy (non-hydrogen) atoms. The fourth-order valence-electron chi connectivity index (χ4n) is 2.87. The van der Waals surface area contributed by atoms with Gasteiger partial charge in [0.1, 0.15) is 0 Å². The molecule has 2 atom stereocenters. The Kier molecular flexibility index (Phi) is 5.65. The van der Waals surface area contributed by atoms with Gasteiger partial charge >= 0.3 is 5.97 Å². The zero-order chi connectivity index (χ0) is 17.1. The van der Waals surface area contributed by atoms with E-state index in [0.717, 1.165) is 12.0 Å². The summed E-state index contributed by atoms with van der Waals surface area (Å²) >= 11 is 6.11. The summed E-state index contributed by atoms with van der Waals surface area (Å²) < 4.78 is 0. The predicted octanol–water partition coefficient (Wildman–Crippen LogP) is 2.52. The molecule has 2 rings (SSSR count). The van der Waals surface area contributed by atoms with Crippen molar-refractivity contribution in [1.29, 1.82) is 0 Å². The Morgan fingerprint density at radius 2 is 1.96 bits per heavy atom. The second-order valence-corrected chi connectivity index (χ2v) is 6.81. The molecule has 126 valence electrons. The lowest BCUT2D eigenvalue weighted by Crippen LogP contribution is -2.43. The van der Waals surface area contributed by atoms with Crippen molar-refractivity contribution in [1.82, 2.24) is 9.80 Å². The molecule has 0 unspecified atom stereocenters. The predicted molar refractivity (Wildman–Crippen MR) is 89.9 cm³/mol. The number of aryl methyl sites for hydroxylation is 1. The van der Waals surface area contributed by atoms with Gasteiger partial charge in [-0.25, -0.2) is 0 Å². The Hall–Kier alpha value is -1.59. The SMILES string of the molecule is Cc1ccc(C(=O)N2C[C@@H](C(=O)O)CC[C@@H](N(C)C)C2)cc1Cl. The van der Waals surface area contributed by atoms with Gasteiger partial charge in [0, 0.05) is 29.7 Å². The number of carboxylic acid groups (broad SMARTS) is 1. The number of hydrogen-bond acceptors (Lipinski definition) is 3. The van der Waals surface area contributed by atoms with E-state index >= 15 is 0 Å². The van der Waals surface area contributed by atoms with Gasteiger partial charge in [-0.05, 0) is 51.6 Å². The molecule has 0 spiro atoms. The van der Waals surface area contributed by atoms with Gasteiger partial charge in [-0.3, -0.25) is 9.59 Å². The summed E-state index contributed by atoms with van der Waals surface area (Å²) in [4.78, 5) is 27.9. The van der Waals surface area contributed by atoms with Crippen LogP contribution in [0.4, 0.5) is 0 Å². The first kappa shape index (κ1) is 17.8. The van der Waals surface area contributed by atoms with Crippen molar-refractivity contribution in [3.8, 4) is 0 Å². The molecular formula is C17H23ClN2O3. The monoisotopic (exact) mass is 338 g/mol. The number of carbonyl (C=O) groups is 2. The quantitative estimate of drug-likeness (QED) is 0.920. The van der Waals surface area contributed by atoms with Gasteiger partial charge in [0.2, 0.25) is 0 Å². The number of nitrogens with zero attached hydrogens (tertiary/aromatic N) is 2. The average molecular weight is 339 g/mol. The van der Waals surface area contributed by atoms with Crippen molar-refractivity contribution in [2.45, 2.75) is 25.8 Å². The minimum atomic E-state index is -0.843. The summed E-state index contributed by atoms with van der Waals surface area (Å²) in [6.07, 6.45) is 1.35. The summed E-state index contributed by atoms with van der Waals surface area (Å²) in [7, 11) is 3.91. The van der Waals surface area contributed by atoms with Crippen molar-refractivity contribution < 1.29 is 14.7 Å². The van der Waals surface area contributed by atoms with Crippen LogP contribution in [0.5, 0.6) is 0 Å². The lowest BCUT2D eigenvalue weighted by molar-refractivity contribution is -0.142. The smallest absolute Gasteiger partial charge is 0.308 e. The maximum Gasteiger partial charge on any atom is 0.308 e. The van der Waals surface area contributed by atoms with Gasteiger partial charge in [0.25, 0.3) is 5.91 Å². The maximum atomic E-state index is 12.8. The molecule has 6 heteroatoms. The summed E-state index contributed by atoms with van der Waals surface area (Å²) in [5, 5.41) is 9.91. The van der Waals surface area contributed by atoms with Crippen LogP contribution in [0.2, 0.25) is 5.02 Å². The topological polar surface area (TPSA) is 60.9 Å². The number of rotatable bonds is 3. The molecule has 1 heterocycles. The molecule has 0 bridgehead atoms. The van der Waals surface area contributed by atoms with E-state index < -0.39 is 11.9 Å². The molecule has 0 radical (unpaired) electrons. The molecule has 1 aromatic carbocycles. The van der Waals surface area contributed by atoms with Crippen LogP contribution in [0.25, 0.3) is 0 Å². The van der Waals surface area contributed by atoms with E-state index in [0.29, 0.717) is 23.6 Å². The van der Waals surface area contributed by atoms with E-state index in [1.54, 1.807) is 17.0 Å². The highest BCUT2D eigenvalue weighted by molar-refractivity contribution is 6.31. The lowest BCUT2D eigenvalue weighted by Gasteiger charge is -2.29. The average Bonchev–Trinajstić information content (AvgIpc) is 2.72. The van der Waals surface area contributed by atoms with Gasteiger partial charge in [-0.15, -0.1) is 0 Å². The fourth-order valence-corrected chi connectivity index (χ4v) is 3.05. The Bertz CT molecular complexity index is 604.